The first-order valence-corrected chi connectivity index (χ1v) is 10.2. The summed E-state index contributed by atoms with van der Waals surface area (Å²) in [5.74, 6) is -0.533. The molecule has 6 nitrogen and oxygen atoms in total. The third kappa shape index (κ3) is 4.92. The lowest BCUT2D eigenvalue weighted by molar-refractivity contribution is -0.137. The molecule has 2 aromatic carbocycles. The van der Waals surface area contributed by atoms with Crippen LogP contribution in [-0.4, -0.2) is 20.7 Å². The van der Waals surface area contributed by atoms with E-state index in [4.69, 9.17) is 0 Å². The van der Waals surface area contributed by atoms with Crippen LogP contribution >= 0.6 is 11.3 Å². The summed E-state index contributed by atoms with van der Waals surface area (Å²) in [6.07, 6.45) is -4.46. The van der Waals surface area contributed by atoms with Crippen LogP contribution < -0.4 is 10.9 Å². The molecular weight excluding hydrogens is 441 g/mol. The van der Waals surface area contributed by atoms with Crippen molar-refractivity contribution in [2.24, 2.45) is 0 Å². The number of benzene rings is 2. The maximum Gasteiger partial charge on any atom is 0.416 e. The highest BCUT2D eigenvalue weighted by Gasteiger charge is 2.30. The van der Waals surface area contributed by atoms with Gasteiger partial charge in [-0.25, -0.2) is 9.67 Å². The van der Waals surface area contributed by atoms with E-state index in [1.807, 2.05) is 30.3 Å². The largest absolute Gasteiger partial charge is 0.416 e. The second-order valence-electron chi connectivity index (χ2n) is 6.75. The summed E-state index contributed by atoms with van der Waals surface area (Å²) in [5, 5.41) is 8.54. The van der Waals surface area contributed by atoms with Crippen molar-refractivity contribution in [1.29, 1.82) is 0 Å². The molecule has 0 aliphatic heterocycles. The summed E-state index contributed by atoms with van der Waals surface area (Å²) in [4.78, 5) is 28.7. The average Bonchev–Trinajstić information content (AvgIpc) is 3.24. The van der Waals surface area contributed by atoms with Gasteiger partial charge in [-0.3, -0.25) is 9.59 Å². The van der Waals surface area contributed by atoms with Crippen molar-refractivity contribution in [3.05, 3.63) is 88.0 Å². The van der Waals surface area contributed by atoms with Crippen LogP contribution in [0.4, 0.5) is 18.3 Å². The smallest absolute Gasteiger partial charge is 0.300 e. The second kappa shape index (κ2) is 8.75. The fraction of sp³-hybridized carbons (Fsp3) is 0.0909. The molecule has 0 bridgehead atoms. The van der Waals surface area contributed by atoms with Gasteiger partial charge in [0.05, 0.1) is 17.0 Å². The zero-order chi connectivity index (χ0) is 22.7. The molecule has 32 heavy (non-hydrogen) atoms. The van der Waals surface area contributed by atoms with Gasteiger partial charge in [-0.1, -0.05) is 42.5 Å². The molecule has 0 saturated heterocycles. The van der Waals surface area contributed by atoms with E-state index in [2.05, 4.69) is 15.4 Å². The van der Waals surface area contributed by atoms with Crippen molar-refractivity contribution in [2.75, 3.05) is 5.32 Å². The van der Waals surface area contributed by atoms with Crippen LogP contribution in [0.5, 0.6) is 0 Å². The summed E-state index contributed by atoms with van der Waals surface area (Å²) in [6, 6.07) is 16.9. The molecule has 1 amide bonds. The van der Waals surface area contributed by atoms with E-state index < -0.39 is 23.2 Å². The van der Waals surface area contributed by atoms with Gasteiger partial charge in [0.1, 0.15) is 6.54 Å². The molecule has 0 fully saturated rings. The Labute approximate surface area is 184 Å². The van der Waals surface area contributed by atoms with Gasteiger partial charge in [0, 0.05) is 22.6 Å². The molecule has 0 spiro atoms. The highest BCUT2D eigenvalue weighted by Crippen LogP contribution is 2.33. The molecule has 4 rings (SSSR count). The fourth-order valence-corrected chi connectivity index (χ4v) is 3.67. The summed E-state index contributed by atoms with van der Waals surface area (Å²) in [6.45, 7) is -0.335. The minimum Gasteiger partial charge on any atom is -0.300 e. The molecule has 10 heteroatoms. The molecule has 0 radical (unpaired) electrons. The topological polar surface area (TPSA) is 76.9 Å². The Bertz CT molecular complexity index is 1320. The summed E-state index contributed by atoms with van der Waals surface area (Å²) < 4.78 is 39.8. The summed E-state index contributed by atoms with van der Waals surface area (Å²) in [5.41, 5.74) is 0.704. The van der Waals surface area contributed by atoms with Gasteiger partial charge in [-0.15, -0.1) is 11.3 Å². The Kier molecular flexibility index (Phi) is 5.87. The number of amides is 1. The van der Waals surface area contributed by atoms with E-state index in [1.165, 1.54) is 18.2 Å². The van der Waals surface area contributed by atoms with Gasteiger partial charge >= 0.3 is 6.18 Å². The van der Waals surface area contributed by atoms with Crippen LogP contribution in [0.3, 0.4) is 0 Å². The standard InChI is InChI=1S/C22H15F3N4O2S/c23-22(24,25)16-8-4-7-15(11-16)18-13-32-21(26-18)27-19(30)12-29-20(31)10-9-17(28-29)14-5-2-1-3-6-14/h1-11,13H,12H2,(H,26,27,30). The van der Waals surface area contributed by atoms with Gasteiger partial charge in [-0.2, -0.15) is 18.3 Å². The van der Waals surface area contributed by atoms with Gasteiger partial charge < -0.3 is 5.32 Å². The van der Waals surface area contributed by atoms with E-state index in [9.17, 15) is 22.8 Å². The maximum atomic E-state index is 12.9. The lowest BCUT2D eigenvalue weighted by Gasteiger charge is -2.07. The number of nitrogens with one attached hydrogen (secondary N) is 1. The van der Waals surface area contributed by atoms with Crippen LogP contribution in [0.1, 0.15) is 5.56 Å². The number of hydrogen-bond donors (Lipinski definition) is 1. The minimum atomic E-state index is -4.46. The third-order valence-electron chi connectivity index (χ3n) is 4.47. The Morgan fingerprint density at radius 1 is 0.969 bits per heavy atom. The van der Waals surface area contributed by atoms with Crippen LogP contribution in [-0.2, 0) is 17.5 Å². The summed E-state index contributed by atoms with van der Waals surface area (Å²) in [7, 11) is 0. The Balaban J connectivity index is 1.48. The van der Waals surface area contributed by atoms with Crippen LogP contribution in [0.2, 0.25) is 0 Å². The molecular formula is C22H15F3N4O2S. The Morgan fingerprint density at radius 2 is 1.72 bits per heavy atom. The number of anilines is 1. The number of carbonyl (C=O) groups is 1. The normalized spacial score (nSPS) is 11.3. The SMILES string of the molecule is O=C(Cn1nc(-c2ccccc2)ccc1=O)Nc1nc(-c2cccc(C(F)(F)F)c2)cs1. The highest BCUT2D eigenvalue weighted by molar-refractivity contribution is 7.14. The molecule has 2 heterocycles. The second-order valence-corrected chi connectivity index (χ2v) is 7.60. The van der Waals surface area contributed by atoms with Crippen molar-refractivity contribution < 1.29 is 18.0 Å². The number of aromatic nitrogens is 3. The van der Waals surface area contributed by atoms with Crippen LogP contribution in [0.15, 0.2) is 76.9 Å². The van der Waals surface area contributed by atoms with Crippen molar-refractivity contribution in [3.8, 4) is 22.5 Å². The molecule has 4 aromatic rings. The van der Waals surface area contributed by atoms with Crippen molar-refractivity contribution >= 4 is 22.4 Å². The van der Waals surface area contributed by atoms with Crippen molar-refractivity contribution in [2.45, 2.75) is 12.7 Å². The van der Waals surface area contributed by atoms with E-state index in [0.29, 0.717) is 11.4 Å². The quantitative estimate of drug-likeness (QED) is 0.473. The molecule has 1 N–H and O–H groups in total. The molecule has 0 aliphatic rings. The first kappa shape index (κ1) is 21.4. The number of alkyl halides is 3. The van der Waals surface area contributed by atoms with Gasteiger partial charge in [-0.05, 0) is 18.2 Å². The number of rotatable bonds is 5. The first-order chi connectivity index (χ1) is 15.3. The van der Waals surface area contributed by atoms with Crippen LogP contribution in [0.25, 0.3) is 22.5 Å². The van der Waals surface area contributed by atoms with Gasteiger partial charge in [0.2, 0.25) is 5.91 Å². The lowest BCUT2D eigenvalue weighted by Crippen LogP contribution is -2.29. The van der Waals surface area contributed by atoms with E-state index in [1.54, 1.807) is 11.4 Å². The number of thiazole rings is 1. The number of nitrogens with zero attached hydrogens (tertiary/aromatic N) is 3. The van der Waals surface area contributed by atoms with E-state index in [0.717, 1.165) is 33.7 Å². The van der Waals surface area contributed by atoms with Crippen molar-refractivity contribution in [1.82, 2.24) is 14.8 Å². The Morgan fingerprint density at radius 3 is 2.47 bits per heavy atom. The number of halogens is 3. The average molecular weight is 456 g/mol. The van der Waals surface area contributed by atoms with E-state index >= 15 is 0 Å². The van der Waals surface area contributed by atoms with Crippen molar-refractivity contribution in [3.63, 3.8) is 0 Å². The first-order valence-electron chi connectivity index (χ1n) is 9.36. The maximum absolute atomic E-state index is 12.9. The van der Waals surface area contributed by atoms with Gasteiger partial charge in [0.25, 0.3) is 5.56 Å². The predicted molar refractivity (Wildman–Crippen MR) is 115 cm³/mol. The minimum absolute atomic E-state index is 0.203. The van der Waals surface area contributed by atoms with Gasteiger partial charge in [0.15, 0.2) is 5.13 Å². The Hall–Kier alpha value is -3.79. The predicted octanol–water partition coefficient (Wildman–Crippen LogP) is 4.69. The molecule has 162 valence electrons. The fourth-order valence-electron chi connectivity index (χ4n) is 2.94. The number of hydrogen-bond acceptors (Lipinski definition) is 5. The molecule has 0 atom stereocenters. The van der Waals surface area contributed by atoms with E-state index in [-0.39, 0.29) is 17.2 Å². The number of carbonyl (C=O) groups excluding carboxylic acids is 1. The lowest BCUT2D eigenvalue weighted by atomic mass is 10.1. The zero-order valence-corrected chi connectivity index (χ0v) is 17.2. The van der Waals surface area contributed by atoms with Crippen LogP contribution in [0, 0.1) is 0 Å². The summed E-state index contributed by atoms with van der Waals surface area (Å²) >= 11 is 1.07. The molecule has 0 saturated carbocycles. The molecule has 0 aliphatic carbocycles. The molecule has 2 aromatic heterocycles. The third-order valence-corrected chi connectivity index (χ3v) is 5.22. The monoisotopic (exact) mass is 456 g/mol. The molecule has 0 unspecified atom stereocenters. The zero-order valence-electron chi connectivity index (χ0n) is 16.3. The highest BCUT2D eigenvalue weighted by atomic mass is 32.1.